The molecule has 0 aromatic heterocycles. The summed E-state index contributed by atoms with van der Waals surface area (Å²) in [6, 6.07) is 6.11. The van der Waals surface area contributed by atoms with Gasteiger partial charge in [-0.15, -0.1) is 0 Å². The number of hydrogen-bond donors (Lipinski definition) is 0. The van der Waals surface area contributed by atoms with Crippen LogP contribution in [0.25, 0.3) is 0 Å². The van der Waals surface area contributed by atoms with E-state index in [0.29, 0.717) is 12.8 Å². The van der Waals surface area contributed by atoms with Crippen molar-refractivity contribution in [2.75, 3.05) is 12.8 Å². The molecule has 0 saturated carbocycles. The normalized spacial score (nSPS) is 17.4. The largest absolute Gasteiger partial charge is 0.748 e. The molecule has 0 saturated heterocycles. The van der Waals surface area contributed by atoms with Gasteiger partial charge in [0, 0.05) is 24.3 Å². The minimum Gasteiger partial charge on any atom is -0.748 e. The highest BCUT2D eigenvalue weighted by Crippen LogP contribution is 2.41. The summed E-state index contributed by atoms with van der Waals surface area (Å²) in [5.41, 5.74) is 4.78. The molecule has 1 aromatic rings. The maximum Gasteiger partial charge on any atom is 0.209 e. The third kappa shape index (κ3) is 2.65. The van der Waals surface area contributed by atoms with Crippen molar-refractivity contribution in [1.29, 1.82) is 0 Å². The minimum atomic E-state index is -4.12. The molecule has 0 radical (unpaired) electrons. The van der Waals surface area contributed by atoms with E-state index in [9.17, 15) is 13.0 Å². The number of hydrogen-bond acceptors (Lipinski definition) is 3. The second-order valence-corrected chi connectivity index (χ2v) is 7.47. The number of benzene rings is 1. The van der Waals surface area contributed by atoms with Gasteiger partial charge in [-0.1, -0.05) is 12.1 Å². The highest BCUT2D eigenvalue weighted by molar-refractivity contribution is 7.85. The fourth-order valence-electron chi connectivity index (χ4n) is 3.02. The van der Waals surface area contributed by atoms with Gasteiger partial charge in [0.25, 0.3) is 0 Å². The van der Waals surface area contributed by atoms with Crippen LogP contribution in [0.1, 0.15) is 38.3 Å². The maximum absolute atomic E-state index is 10.7. The van der Waals surface area contributed by atoms with Gasteiger partial charge in [0.1, 0.15) is 7.05 Å². The Hall–Kier alpha value is -1.20. The van der Waals surface area contributed by atoms with Crippen molar-refractivity contribution in [3.63, 3.8) is 0 Å². The van der Waals surface area contributed by atoms with Gasteiger partial charge in [-0.05, 0) is 32.3 Å². The first-order valence-electron chi connectivity index (χ1n) is 6.78. The molecule has 1 aliphatic rings. The first-order chi connectivity index (χ1) is 9.14. The van der Waals surface area contributed by atoms with E-state index in [1.54, 1.807) is 0 Å². The second kappa shape index (κ2) is 4.97. The smallest absolute Gasteiger partial charge is 0.209 e. The summed E-state index contributed by atoms with van der Waals surface area (Å²) in [5.74, 6) is -0.296. The summed E-state index contributed by atoms with van der Waals surface area (Å²) in [7, 11) is -2.07. The van der Waals surface area contributed by atoms with E-state index in [0.717, 1.165) is 5.56 Å². The summed E-state index contributed by atoms with van der Waals surface area (Å²) in [5, 5.41) is 0. The van der Waals surface area contributed by atoms with Crippen molar-refractivity contribution in [1.82, 2.24) is 0 Å². The maximum atomic E-state index is 10.7. The Balaban J connectivity index is 2.33. The Morgan fingerprint density at radius 2 is 1.95 bits per heavy atom. The van der Waals surface area contributed by atoms with E-state index >= 15 is 0 Å². The van der Waals surface area contributed by atoms with Crippen LogP contribution in [0.4, 0.5) is 5.69 Å². The predicted molar refractivity (Wildman–Crippen MR) is 78.9 cm³/mol. The molecule has 0 spiro atoms. The first-order valence-corrected chi connectivity index (χ1v) is 8.36. The Labute approximate surface area is 120 Å². The summed E-state index contributed by atoms with van der Waals surface area (Å²) < 4.78 is 34.3. The quantitative estimate of drug-likeness (QED) is 0.632. The lowest BCUT2D eigenvalue weighted by Gasteiger charge is -2.19. The van der Waals surface area contributed by atoms with Gasteiger partial charge in [-0.25, -0.2) is 13.0 Å². The molecule has 0 bridgehead atoms. The van der Waals surface area contributed by atoms with Crippen LogP contribution < -0.4 is 0 Å². The molecule has 0 amide bonds. The number of fused-ring (bicyclic) bond motifs is 1. The molecule has 0 N–H and O–H groups in total. The van der Waals surface area contributed by atoms with Crippen LogP contribution in [0, 0.1) is 0 Å². The van der Waals surface area contributed by atoms with Crippen LogP contribution in [0.5, 0.6) is 0 Å². The van der Waals surface area contributed by atoms with Gasteiger partial charge in [-0.3, -0.25) is 0 Å². The second-order valence-electron chi connectivity index (χ2n) is 5.95. The summed E-state index contributed by atoms with van der Waals surface area (Å²) in [6.07, 6.45) is 0.996. The zero-order valence-corrected chi connectivity index (χ0v) is 13.3. The van der Waals surface area contributed by atoms with Gasteiger partial charge in [0.05, 0.1) is 15.5 Å². The Morgan fingerprint density at radius 1 is 1.30 bits per heavy atom. The van der Waals surface area contributed by atoms with Gasteiger partial charge in [0.15, 0.2) is 5.71 Å². The average Bonchev–Trinajstić information content (AvgIpc) is 2.50. The molecule has 0 atom stereocenters. The van der Waals surface area contributed by atoms with E-state index in [-0.39, 0.29) is 11.2 Å². The van der Waals surface area contributed by atoms with E-state index in [2.05, 4.69) is 38.5 Å². The monoisotopic (exact) mass is 295 g/mol. The average molecular weight is 295 g/mol. The molecule has 1 aliphatic heterocycles. The van der Waals surface area contributed by atoms with Gasteiger partial charge in [-0.2, -0.15) is 0 Å². The zero-order valence-electron chi connectivity index (χ0n) is 12.4. The fourth-order valence-corrected chi connectivity index (χ4v) is 3.51. The highest BCUT2D eigenvalue weighted by atomic mass is 32.2. The zero-order chi connectivity index (χ0) is 15.1. The van der Waals surface area contributed by atoms with Crippen LogP contribution >= 0.6 is 0 Å². The van der Waals surface area contributed by atoms with Gasteiger partial charge >= 0.3 is 0 Å². The van der Waals surface area contributed by atoms with Crippen molar-refractivity contribution < 1.29 is 17.5 Å². The SMILES string of the molecule is CC1=[N+](C)c2cccc(CCCS(=O)(=O)[O-])c2C1(C)C. The molecular formula is C15H21NO3S. The van der Waals surface area contributed by atoms with E-state index in [4.69, 9.17) is 0 Å². The first kappa shape index (κ1) is 15.2. The Bertz CT molecular complexity index is 672. The molecule has 1 aromatic carbocycles. The molecule has 20 heavy (non-hydrogen) atoms. The van der Waals surface area contributed by atoms with Crippen molar-refractivity contribution in [3.8, 4) is 0 Å². The molecule has 0 aliphatic carbocycles. The summed E-state index contributed by atoms with van der Waals surface area (Å²) in [6.45, 7) is 6.48. The number of nitrogens with zero attached hydrogens (tertiary/aromatic N) is 1. The highest BCUT2D eigenvalue weighted by Gasteiger charge is 2.42. The molecule has 2 rings (SSSR count). The van der Waals surface area contributed by atoms with Gasteiger partial charge < -0.3 is 4.55 Å². The Kier molecular flexibility index (Phi) is 3.77. The van der Waals surface area contributed by atoms with E-state index in [1.165, 1.54) is 17.0 Å². The fraction of sp³-hybridized carbons (Fsp3) is 0.533. The van der Waals surface area contributed by atoms with Crippen LogP contribution in [0.15, 0.2) is 18.2 Å². The topological polar surface area (TPSA) is 60.2 Å². The van der Waals surface area contributed by atoms with Crippen LogP contribution in [0.3, 0.4) is 0 Å². The van der Waals surface area contributed by atoms with Crippen LogP contribution in [-0.2, 0) is 22.0 Å². The predicted octanol–water partition coefficient (Wildman–Crippen LogP) is 2.19. The van der Waals surface area contributed by atoms with Crippen molar-refractivity contribution in [3.05, 3.63) is 29.3 Å². The summed E-state index contributed by atoms with van der Waals surface area (Å²) in [4.78, 5) is 0. The Morgan fingerprint density at radius 3 is 2.55 bits per heavy atom. The van der Waals surface area contributed by atoms with Crippen molar-refractivity contribution >= 4 is 21.5 Å². The van der Waals surface area contributed by atoms with Crippen molar-refractivity contribution in [2.24, 2.45) is 0 Å². The van der Waals surface area contributed by atoms with E-state index < -0.39 is 10.1 Å². The lowest BCUT2D eigenvalue weighted by molar-refractivity contribution is -0.403. The third-order valence-corrected chi connectivity index (χ3v) is 5.15. The van der Waals surface area contributed by atoms with Crippen LogP contribution in [0.2, 0.25) is 0 Å². The van der Waals surface area contributed by atoms with E-state index in [1.807, 2.05) is 12.1 Å². The molecule has 5 heteroatoms. The lowest BCUT2D eigenvalue weighted by atomic mass is 9.79. The molecule has 1 heterocycles. The van der Waals surface area contributed by atoms with Gasteiger partial charge in [0.2, 0.25) is 5.69 Å². The van der Waals surface area contributed by atoms with Crippen LogP contribution in [-0.4, -0.2) is 36.1 Å². The molecule has 4 nitrogen and oxygen atoms in total. The number of rotatable bonds is 4. The lowest BCUT2D eigenvalue weighted by Crippen LogP contribution is -2.26. The third-order valence-electron chi connectivity index (χ3n) is 4.36. The molecular weight excluding hydrogens is 274 g/mol. The molecule has 110 valence electrons. The molecule has 0 fully saturated rings. The molecule has 0 unspecified atom stereocenters. The van der Waals surface area contributed by atoms with Crippen molar-refractivity contribution in [2.45, 2.75) is 39.0 Å². The minimum absolute atomic E-state index is 0.0585. The summed E-state index contributed by atoms with van der Waals surface area (Å²) >= 11 is 0. The standard InChI is InChI=1S/C15H21NO3S/c1-11-15(2,3)14-12(8-6-10-20(17,18)19)7-5-9-13(14)16(11)4/h5,7,9H,6,8,10H2,1-4H3. The number of aryl methyl sites for hydroxylation is 1.